The van der Waals surface area contributed by atoms with Crippen LogP contribution in [0.4, 0.5) is 0 Å². The zero-order valence-electron chi connectivity index (χ0n) is 10.7. The van der Waals surface area contributed by atoms with Crippen LogP contribution in [0, 0.1) is 12.8 Å². The first kappa shape index (κ1) is 12.8. The van der Waals surface area contributed by atoms with Gasteiger partial charge in [-0.15, -0.1) is 11.6 Å². The number of aryl methyl sites for hydroxylation is 1. The second-order valence-electron chi connectivity index (χ2n) is 5.16. The number of aromatic nitrogens is 1. The highest BCUT2D eigenvalue weighted by molar-refractivity contribution is 6.20. The lowest BCUT2D eigenvalue weighted by atomic mass is 9.94. The van der Waals surface area contributed by atoms with Gasteiger partial charge in [-0.25, -0.2) is 0 Å². The average Bonchev–Trinajstić information content (AvgIpc) is 2.29. The number of halogens is 1. The highest BCUT2D eigenvalue weighted by Crippen LogP contribution is 2.24. The Kier molecular flexibility index (Phi) is 4.41. The van der Waals surface area contributed by atoms with Crippen LogP contribution in [0.1, 0.15) is 30.9 Å². The van der Waals surface area contributed by atoms with Crippen LogP contribution in [0.5, 0.6) is 0 Å². The molecule has 1 unspecified atom stereocenters. The third kappa shape index (κ3) is 3.68. The monoisotopic (exact) mass is 252 g/mol. The van der Waals surface area contributed by atoms with Crippen LogP contribution in [-0.4, -0.2) is 28.4 Å². The second-order valence-corrected chi connectivity index (χ2v) is 5.85. The Morgan fingerprint density at radius 3 is 2.71 bits per heavy atom. The molecule has 0 N–H and O–H groups in total. The van der Waals surface area contributed by atoms with E-state index in [0.717, 1.165) is 19.6 Å². The van der Waals surface area contributed by atoms with Crippen molar-refractivity contribution >= 4 is 11.6 Å². The molecule has 1 aromatic heterocycles. The molecule has 0 aliphatic carbocycles. The highest BCUT2D eigenvalue weighted by Gasteiger charge is 2.22. The van der Waals surface area contributed by atoms with Gasteiger partial charge < -0.3 is 0 Å². The van der Waals surface area contributed by atoms with Crippen molar-refractivity contribution in [1.82, 2.24) is 9.88 Å². The van der Waals surface area contributed by atoms with Crippen LogP contribution >= 0.6 is 11.6 Å². The number of piperidine rings is 1. The molecule has 0 aromatic carbocycles. The minimum atomic E-state index is 0.317. The van der Waals surface area contributed by atoms with Crippen molar-refractivity contribution in [3.63, 3.8) is 0 Å². The summed E-state index contributed by atoms with van der Waals surface area (Å²) < 4.78 is 0. The van der Waals surface area contributed by atoms with E-state index in [9.17, 15) is 0 Å². The number of hydrogen-bond donors (Lipinski definition) is 0. The summed E-state index contributed by atoms with van der Waals surface area (Å²) in [7, 11) is 0. The smallest absolute Gasteiger partial charge is 0.0337 e. The van der Waals surface area contributed by atoms with Gasteiger partial charge in [0.2, 0.25) is 0 Å². The Bertz CT molecular complexity index is 357. The molecule has 0 spiro atoms. The summed E-state index contributed by atoms with van der Waals surface area (Å²) in [5, 5.41) is 0.317. The molecule has 1 saturated heterocycles. The maximum atomic E-state index is 6.16. The van der Waals surface area contributed by atoms with E-state index in [4.69, 9.17) is 11.6 Å². The number of hydrogen-bond acceptors (Lipinski definition) is 2. The normalized spacial score (nSPS) is 20.4. The SMILES string of the molecule is Cc1cncc(CN2CCC(C(C)Cl)CC2)c1. The predicted octanol–water partition coefficient (Wildman–Crippen LogP) is 3.23. The van der Waals surface area contributed by atoms with Crippen molar-refractivity contribution in [2.75, 3.05) is 13.1 Å². The zero-order chi connectivity index (χ0) is 12.3. The van der Waals surface area contributed by atoms with Gasteiger partial charge in [0, 0.05) is 24.3 Å². The topological polar surface area (TPSA) is 16.1 Å². The predicted molar refractivity (Wildman–Crippen MR) is 72.3 cm³/mol. The van der Waals surface area contributed by atoms with Crippen LogP contribution in [0.15, 0.2) is 18.5 Å². The third-order valence-electron chi connectivity index (χ3n) is 3.62. The first-order valence-electron chi connectivity index (χ1n) is 6.42. The summed E-state index contributed by atoms with van der Waals surface area (Å²) in [4.78, 5) is 6.75. The molecule has 94 valence electrons. The van der Waals surface area contributed by atoms with Gasteiger partial charge in [-0.2, -0.15) is 0 Å². The van der Waals surface area contributed by atoms with Crippen LogP contribution in [0.2, 0.25) is 0 Å². The van der Waals surface area contributed by atoms with Gasteiger partial charge in [-0.1, -0.05) is 6.07 Å². The van der Waals surface area contributed by atoms with Gasteiger partial charge in [0.25, 0.3) is 0 Å². The van der Waals surface area contributed by atoms with Crippen molar-refractivity contribution in [2.24, 2.45) is 5.92 Å². The Morgan fingerprint density at radius 1 is 1.41 bits per heavy atom. The number of nitrogens with zero attached hydrogens (tertiary/aromatic N) is 2. The highest BCUT2D eigenvalue weighted by atomic mass is 35.5. The molecule has 1 aliphatic heterocycles. The number of rotatable bonds is 3. The molecule has 2 heterocycles. The fourth-order valence-electron chi connectivity index (χ4n) is 2.53. The Labute approximate surface area is 109 Å². The van der Waals surface area contributed by atoms with E-state index in [1.54, 1.807) is 0 Å². The first-order chi connectivity index (χ1) is 8.15. The minimum Gasteiger partial charge on any atom is -0.299 e. The third-order valence-corrected chi connectivity index (χ3v) is 3.98. The quantitative estimate of drug-likeness (QED) is 0.768. The fourth-order valence-corrected chi connectivity index (χ4v) is 2.78. The minimum absolute atomic E-state index is 0.317. The Balaban J connectivity index is 1.86. The van der Waals surface area contributed by atoms with Crippen molar-refractivity contribution in [2.45, 2.75) is 38.6 Å². The van der Waals surface area contributed by atoms with Crippen molar-refractivity contribution in [3.8, 4) is 0 Å². The summed E-state index contributed by atoms with van der Waals surface area (Å²) >= 11 is 6.16. The lowest BCUT2D eigenvalue weighted by molar-refractivity contribution is 0.176. The molecular weight excluding hydrogens is 232 g/mol. The summed E-state index contributed by atoms with van der Waals surface area (Å²) in [6.45, 7) is 7.56. The van der Waals surface area contributed by atoms with E-state index in [-0.39, 0.29) is 0 Å². The molecule has 17 heavy (non-hydrogen) atoms. The number of pyridine rings is 1. The van der Waals surface area contributed by atoms with E-state index >= 15 is 0 Å². The lowest BCUT2D eigenvalue weighted by Crippen LogP contribution is -2.35. The second kappa shape index (κ2) is 5.83. The molecule has 1 aliphatic rings. The molecule has 1 fully saturated rings. The van der Waals surface area contributed by atoms with Gasteiger partial charge in [0.1, 0.15) is 0 Å². The van der Waals surface area contributed by atoms with Crippen molar-refractivity contribution in [3.05, 3.63) is 29.6 Å². The van der Waals surface area contributed by atoms with E-state index in [1.165, 1.54) is 24.0 Å². The Morgan fingerprint density at radius 2 is 2.12 bits per heavy atom. The summed E-state index contributed by atoms with van der Waals surface area (Å²) in [5.41, 5.74) is 2.56. The van der Waals surface area contributed by atoms with Crippen molar-refractivity contribution < 1.29 is 0 Å². The molecule has 3 heteroatoms. The molecule has 1 atom stereocenters. The number of alkyl halides is 1. The van der Waals surface area contributed by atoms with E-state index in [0.29, 0.717) is 11.3 Å². The summed E-state index contributed by atoms with van der Waals surface area (Å²) in [5.74, 6) is 0.698. The van der Waals surface area contributed by atoms with Crippen LogP contribution in [0.3, 0.4) is 0 Å². The molecule has 2 nitrogen and oxygen atoms in total. The largest absolute Gasteiger partial charge is 0.299 e. The van der Waals surface area contributed by atoms with E-state index in [1.807, 2.05) is 12.4 Å². The number of likely N-dealkylation sites (tertiary alicyclic amines) is 1. The van der Waals surface area contributed by atoms with E-state index < -0.39 is 0 Å². The zero-order valence-corrected chi connectivity index (χ0v) is 11.5. The van der Waals surface area contributed by atoms with Crippen LogP contribution in [0.25, 0.3) is 0 Å². The van der Waals surface area contributed by atoms with Crippen molar-refractivity contribution in [1.29, 1.82) is 0 Å². The fraction of sp³-hybridized carbons (Fsp3) is 0.643. The van der Waals surface area contributed by atoms with Gasteiger partial charge in [-0.3, -0.25) is 9.88 Å². The van der Waals surface area contributed by atoms with Crippen LogP contribution in [-0.2, 0) is 6.54 Å². The van der Waals surface area contributed by atoms with Gasteiger partial charge >= 0.3 is 0 Å². The maximum Gasteiger partial charge on any atom is 0.0337 e. The van der Waals surface area contributed by atoms with E-state index in [2.05, 4.69) is 29.8 Å². The Hall–Kier alpha value is -0.600. The molecule has 0 bridgehead atoms. The first-order valence-corrected chi connectivity index (χ1v) is 6.86. The molecule has 1 aromatic rings. The molecule has 0 saturated carbocycles. The summed E-state index contributed by atoms with van der Waals surface area (Å²) in [6.07, 6.45) is 6.34. The van der Waals surface area contributed by atoms with Gasteiger partial charge in [0.05, 0.1) is 0 Å². The van der Waals surface area contributed by atoms with Gasteiger partial charge in [0.15, 0.2) is 0 Å². The standard InChI is InChI=1S/C14H21ClN2/c1-11-7-13(9-16-8-11)10-17-5-3-14(4-6-17)12(2)15/h7-9,12,14H,3-6,10H2,1-2H3. The van der Waals surface area contributed by atoms with Gasteiger partial charge in [-0.05, 0) is 56.8 Å². The lowest BCUT2D eigenvalue weighted by Gasteiger charge is -2.33. The maximum absolute atomic E-state index is 6.16. The molecule has 2 rings (SSSR count). The molecular formula is C14H21ClN2. The molecule has 0 amide bonds. The summed E-state index contributed by atoms with van der Waals surface area (Å²) in [6, 6.07) is 2.23. The van der Waals surface area contributed by atoms with Crippen LogP contribution < -0.4 is 0 Å². The molecule has 0 radical (unpaired) electrons. The average molecular weight is 253 g/mol.